The lowest BCUT2D eigenvalue weighted by atomic mass is 10.1. The molecular formula is C5H8BNO2. The van der Waals surface area contributed by atoms with Crippen molar-refractivity contribution in [2.75, 3.05) is 0 Å². The Hall–Kier alpha value is -0.505. The number of amides is 1. The smallest absolute Gasteiger partial charge is 0.234 e. The fraction of sp³-hybridized carbons (Fsp3) is 0.800. The van der Waals surface area contributed by atoms with Crippen LogP contribution in [0, 0.1) is 0 Å². The predicted molar refractivity (Wildman–Crippen MR) is 32.5 cm³/mol. The zero-order valence-corrected chi connectivity index (χ0v) is 5.29. The maximum atomic E-state index is 10.6. The van der Waals surface area contributed by atoms with Crippen LogP contribution in [0.5, 0.6) is 0 Å². The van der Waals surface area contributed by atoms with Crippen LogP contribution in [-0.2, 0) is 4.79 Å². The van der Waals surface area contributed by atoms with Crippen LogP contribution < -0.4 is 0 Å². The van der Waals surface area contributed by atoms with Gasteiger partial charge in [0.25, 0.3) is 0 Å². The SMILES string of the molecule is [B]N1C(=O)CCC1(C)O. The summed E-state index contributed by atoms with van der Waals surface area (Å²) in [6.07, 6.45) is 0.784. The molecule has 0 aromatic carbocycles. The zero-order valence-electron chi connectivity index (χ0n) is 5.29. The summed E-state index contributed by atoms with van der Waals surface area (Å²) in [5, 5.41) is 9.21. The molecule has 2 radical (unpaired) electrons. The average Bonchev–Trinajstić information content (AvgIpc) is 1.97. The molecule has 0 bridgehead atoms. The molecule has 1 saturated heterocycles. The first-order valence-corrected chi connectivity index (χ1v) is 2.84. The van der Waals surface area contributed by atoms with Crippen LogP contribution in [0.1, 0.15) is 19.8 Å². The molecular weight excluding hydrogens is 117 g/mol. The molecule has 1 amide bonds. The van der Waals surface area contributed by atoms with Gasteiger partial charge in [-0.2, -0.15) is 0 Å². The summed E-state index contributed by atoms with van der Waals surface area (Å²) in [5.41, 5.74) is -1.11. The molecule has 1 fully saturated rings. The summed E-state index contributed by atoms with van der Waals surface area (Å²) in [7, 11) is 5.19. The van der Waals surface area contributed by atoms with Gasteiger partial charge < -0.3 is 9.92 Å². The number of aliphatic hydroxyl groups is 1. The minimum Gasteiger partial charge on any atom is -0.372 e. The fourth-order valence-corrected chi connectivity index (χ4v) is 0.853. The van der Waals surface area contributed by atoms with Crippen molar-refractivity contribution in [1.29, 1.82) is 0 Å². The number of rotatable bonds is 0. The molecule has 0 saturated carbocycles. The van der Waals surface area contributed by atoms with Crippen molar-refractivity contribution in [2.45, 2.75) is 25.5 Å². The fourth-order valence-electron chi connectivity index (χ4n) is 0.853. The van der Waals surface area contributed by atoms with E-state index in [0.717, 1.165) is 4.81 Å². The monoisotopic (exact) mass is 125 g/mol. The van der Waals surface area contributed by atoms with Crippen molar-refractivity contribution in [1.82, 2.24) is 4.81 Å². The number of carbonyl (C=O) groups is 1. The molecule has 0 aromatic rings. The lowest BCUT2D eigenvalue weighted by molar-refractivity contribution is -0.131. The molecule has 1 heterocycles. The molecule has 1 aliphatic rings. The van der Waals surface area contributed by atoms with Gasteiger partial charge in [-0.3, -0.25) is 4.79 Å². The van der Waals surface area contributed by atoms with Gasteiger partial charge in [0, 0.05) is 12.8 Å². The molecule has 9 heavy (non-hydrogen) atoms. The lowest BCUT2D eigenvalue weighted by Gasteiger charge is -2.26. The third-order valence-corrected chi connectivity index (χ3v) is 1.60. The van der Waals surface area contributed by atoms with E-state index < -0.39 is 5.72 Å². The normalized spacial score (nSPS) is 35.8. The van der Waals surface area contributed by atoms with Crippen molar-refractivity contribution < 1.29 is 9.90 Å². The third-order valence-electron chi connectivity index (χ3n) is 1.60. The van der Waals surface area contributed by atoms with E-state index in [-0.39, 0.29) is 5.91 Å². The van der Waals surface area contributed by atoms with Gasteiger partial charge >= 0.3 is 0 Å². The van der Waals surface area contributed by atoms with Crippen molar-refractivity contribution in [2.24, 2.45) is 0 Å². The van der Waals surface area contributed by atoms with Crippen LogP contribution in [0.15, 0.2) is 0 Å². The molecule has 1 unspecified atom stereocenters. The second-order valence-corrected chi connectivity index (χ2v) is 2.48. The van der Waals surface area contributed by atoms with Crippen LogP contribution in [0.4, 0.5) is 0 Å². The van der Waals surface area contributed by atoms with Crippen molar-refractivity contribution in [3.05, 3.63) is 0 Å². The van der Waals surface area contributed by atoms with Crippen molar-refractivity contribution in [3.8, 4) is 0 Å². The zero-order chi connectivity index (χ0) is 7.07. The van der Waals surface area contributed by atoms with Gasteiger partial charge in [-0.1, -0.05) is 0 Å². The molecule has 0 spiro atoms. The average molecular weight is 125 g/mol. The first-order chi connectivity index (χ1) is 4.04. The highest BCUT2D eigenvalue weighted by atomic mass is 16.3. The summed E-state index contributed by atoms with van der Waals surface area (Å²) < 4.78 is 0. The van der Waals surface area contributed by atoms with E-state index >= 15 is 0 Å². The Balaban J connectivity index is 2.73. The second kappa shape index (κ2) is 1.74. The molecule has 1 aliphatic heterocycles. The van der Waals surface area contributed by atoms with Crippen LogP contribution in [0.3, 0.4) is 0 Å². The lowest BCUT2D eigenvalue weighted by Crippen LogP contribution is -2.40. The quantitative estimate of drug-likeness (QED) is 0.439. The van der Waals surface area contributed by atoms with E-state index in [1.54, 1.807) is 0 Å². The van der Waals surface area contributed by atoms with Gasteiger partial charge in [-0.25, -0.2) is 0 Å². The van der Waals surface area contributed by atoms with Gasteiger partial charge in [-0.15, -0.1) is 0 Å². The summed E-state index contributed by atoms with van der Waals surface area (Å²) in [5.74, 6) is -0.194. The largest absolute Gasteiger partial charge is 0.372 e. The van der Waals surface area contributed by atoms with Crippen molar-refractivity contribution in [3.63, 3.8) is 0 Å². The first kappa shape index (κ1) is 6.61. The highest BCUT2D eigenvalue weighted by molar-refractivity contribution is 6.15. The Kier molecular flexibility index (Phi) is 1.28. The molecule has 3 nitrogen and oxygen atoms in total. The second-order valence-electron chi connectivity index (χ2n) is 2.48. The predicted octanol–water partition coefficient (Wildman–Crippen LogP) is -0.599. The number of nitrogens with zero attached hydrogens (tertiary/aromatic N) is 1. The van der Waals surface area contributed by atoms with E-state index in [0.29, 0.717) is 12.8 Å². The molecule has 1 atom stereocenters. The Morgan fingerprint density at radius 1 is 1.89 bits per heavy atom. The topological polar surface area (TPSA) is 40.5 Å². The van der Waals surface area contributed by atoms with Gasteiger partial charge in [0.2, 0.25) is 13.9 Å². The van der Waals surface area contributed by atoms with E-state index in [2.05, 4.69) is 0 Å². The highest BCUT2D eigenvalue weighted by Crippen LogP contribution is 2.23. The Bertz CT molecular complexity index is 146. The minimum absolute atomic E-state index is 0.194. The highest BCUT2D eigenvalue weighted by Gasteiger charge is 2.35. The van der Waals surface area contributed by atoms with E-state index in [1.807, 2.05) is 0 Å². The van der Waals surface area contributed by atoms with Gasteiger partial charge in [0.1, 0.15) is 5.72 Å². The van der Waals surface area contributed by atoms with E-state index in [1.165, 1.54) is 6.92 Å². The maximum Gasteiger partial charge on any atom is 0.234 e. The van der Waals surface area contributed by atoms with Crippen LogP contribution in [0.2, 0.25) is 0 Å². The molecule has 48 valence electrons. The van der Waals surface area contributed by atoms with Gasteiger partial charge in [-0.05, 0) is 6.92 Å². The Labute approximate surface area is 55.1 Å². The van der Waals surface area contributed by atoms with Crippen LogP contribution >= 0.6 is 0 Å². The van der Waals surface area contributed by atoms with E-state index in [9.17, 15) is 9.90 Å². The number of carbonyl (C=O) groups excluding carboxylic acids is 1. The standard InChI is InChI=1S/C5H8BNO2/c1-5(9)3-2-4(8)7(5)6/h9H,2-3H2,1H3. The van der Waals surface area contributed by atoms with E-state index in [4.69, 9.17) is 7.98 Å². The Morgan fingerprint density at radius 2 is 2.44 bits per heavy atom. The Morgan fingerprint density at radius 3 is 2.56 bits per heavy atom. The number of hydrogen-bond donors (Lipinski definition) is 1. The van der Waals surface area contributed by atoms with Crippen molar-refractivity contribution >= 4 is 13.9 Å². The summed E-state index contributed by atoms with van der Waals surface area (Å²) in [4.78, 5) is 11.5. The first-order valence-electron chi connectivity index (χ1n) is 2.84. The molecule has 4 heteroatoms. The summed E-state index contributed by atoms with van der Waals surface area (Å²) in [6, 6.07) is 0. The summed E-state index contributed by atoms with van der Waals surface area (Å²) in [6.45, 7) is 1.53. The van der Waals surface area contributed by atoms with Crippen LogP contribution in [-0.4, -0.2) is 29.5 Å². The molecule has 0 aliphatic carbocycles. The molecule has 0 aromatic heterocycles. The molecule has 1 rings (SSSR count). The number of hydrogen-bond acceptors (Lipinski definition) is 2. The minimum atomic E-state index is -1.11. The molecule has 1 N–H and O–H groups in total. The van der Waals surface area contributed by atoms with Crippen LogP contribution in [0.25, 0.3) is 0 Å². The van der Waals surface area contributed by atoms with Gasteiger partial charge in [0.05, 0.1) is 0 Å². The third kappa shape index (κ3) is 0.943. The maximum absolute atomic E-state index is 10.6. The van der Waals surface area contributed by atoms with Gasteiger partial charge in [0.15, 0.2) is 0 Å². The summed E-state index contributed by atoms with van der Waals surface area (Å²) >= 11 is 0.